The summed E-state index contributed by atoms with van der Waals surface area (Å²) >= 11 is 0. The summed E-state index contributed by atoms with van der Waals surface area (Å²) in [5.74, 6) is -3.76. The fourth-order valence-corrected chi connectivity index (χ4v) is 5.70. The molecule has 0 radical (unpaired) electrons. The van der Waals surface area contributed by atoms with Crippen LogP contribution in [0.5, 0.6) is 0 Å². The topological polar surface area (TPSA) is 177 Å². The molecule has 3 rings (SSSR count). The Morgan fingerprint density at radius 1 is 0.886 bits per heavy atom. The molecule has 1 saturated heterocycles. The number of ketones is 1. The van der Waals surface area contributed by atoms with Crippen molar-refractivity contribution in [3.63, 3.8) is 0 Å². The number of primary amides is 1. The Labute approximate surface area is 260 Å². The van der Waals surface area contributed by atoms with Gasteiger partial charge in [0.05, 0.1) is 6.04 Å². The zero-order valence-electron chi connectivity index (χ0n) is 27.3. The second-order valence-corrected chi connectivity index (χ2v) is 14.9. The molecule has 3 aliphatic rings. The number of nitrogens with two attached hydrogens (primary N) is 1. The van der Waals surface area contributed by atoms with Gasteiger partial charge in [-0.1, -0.05) is 66.5 Å². The van der Waals surface area contributed by atoms with E-state index >= 15 is 0 Å². The molecule has 0 bridgehead atoms. The minimum Gasteiger partial charge on any atom is -0.461 e. The summed E-state index contributed by atoms with van der Waals surface area (Å²) in [5.41, 5.74) is 4.52. The van der Waals surface area contributed by atoms with Crippen LogP contribution in [-0.4, -0.2) is 77.2 Å². The number of hydrogen-bond donors (Lipinski definition) is 4. The number of urea groups is 1. The molecule has 0 aromatic rings. The molecule has 5 N–H and O–H groups in total. The van der Waals surface area contributed by atoms with Gasteiger partial charge in [0.25, 0.3) is 5.91 Å². The van der Waals surface area contributed by atoms with Gasteiger partial charge in [0.2, 0.25) is 17.6 Å². The molecule has 1 unspecified atom stereocenters. The first-order chi connectivity index (χ1) is 20.3. The summed E-state index contributed by atoms with van der Waals surface area (Å²) in [7, 11) is 0. The van der Waals surface area contributed by atoms with Crippen molar-refractivity contribution in [2.75, 3.05) is 6.54 Å². The zero-order chi connectivity index (χ0) is 33.1. The summed E-state index contributed by atoms with van der Waals surface area (Å²) in [6, 6.07) is -4.82. The van der Waals surface area contributed by atoms with Crippen molar-refractivity contribution in [2.24, 2.45) is 28.4 Å². The van der Waals surface area contributed by atoms with E-state index in [-0.39, 0.29) is 18.6 Å². The molecular weight excluding hydrogens is 566 g/mol. The summed E-state index contributed by atoms with van der Waals surface area (Å²) in [6.07, 6.45) is 4.99. The van der Waals surface area contributed by atoms with Gasteiger partial charge in [0.15, 0.2) is 0 Å². The second kappa shape index (κ2) is 13.7. The number of carbonyl (C=O) groups excluding carboxylic acids is 6. The second-order valence-electron chi connectivity index (χ2n) is 14.9. The van der Waals surface area contributed by atoms with E-state index in [1.807, 2.05) is 20.8 Å². The van der Waals surface area contributed by atoms with Crippen LogP contribution in [-0.2, 0) is 28.7 Å². The Hall–Kier alpha value is -3.44. The first-order valence-corrected chi connectivity index (χ1v) is 15.7. The smallest absolute Gasteiger partial charge is 0.329 e. The van der Waals surface area contributed by atoms with Gasteiger partial charge in [0.1, 0.15) is 24.2 Å². The highest BCUT2D eigenvalue weighted by molar-refractivity contribution is 6.37. The lowest BCUT2D eigenvalue weighted by molar-refractivity contribution is -0.158. The van der Waals surface area contributed by atoms with Gasteiger partial charge >= 0.3 is 12.0 Å². The molecule has 12 nitrogen and oxygen atoms in total. The highest BCUT2D eigenvalue weighted by atomic mass is 16.5. The van der Waals surface area contributed by atoms with Crippen LogP contribution in [0.4, 0.5) is 4.79 Å². The van der Waals surface area contributed by atoms with Crippen molar-refractivity contribution in [2.45, 2.75) is 124 Å². The van der Waals surface area contributed by atoms with Crippen molar-refractivity contribution in [3.8, 4) is 0 Å². The van der Waals surface area contributed by atoms with E-state index in [4.69, 9.17) is 10.5 Å². The zero-order valence-corrected chi connectivity index (χ0v) is 27.3. The van der Waals surface area contributed by atoms with Crippen LogP contribution in [0, 0.1) is 22.7 Å². The van der Waals surface area contributed by atoms with Gasteiger partial charge in [-0.15, -0.1) is 0 Å². The normalized spacial score (nSPS) is 22.6. The van der Waals surface area contributed by atoms with Crippen LogP contribution in [0.1, 0.15) is 93.4 Å². The molecule has 0 aromatic carbocycles. The van der Waals surface area contributed by atoms with E-state index in [2.05, 4.69) is 22.5 Å². The third-order valence-electron chi connectivity index (χ3n) is 8.82. The van der Waals surface area contributed by atoms with E-state index < -0.39 is 76.4 Å². The number of amides is 5. The predicted octanol–water partition coefficient (Wildman–Crippen LogP) is 2.34. The average Bonchev–Trinajstić information content (AvgIpc) is 3.58. The third kappa shape index (κ3) is 8.81. The highest BCUT2D eigenvalue weighted by Crippen LogP contribution is 2.35. The molecule has 44 heavy (non-hydrogen) atoms. The number of hydrogen-bond acceptors (Lipinski definition) is 7. The van der Waals surface area contributed by atoms with E-state index in [1.54, 1.807) is 27.7 Å². The molecule has 5 amide bonds. The number of nitrogens with one attached hydrogen (secondary N) is 3. The molecule has 2 aliphatic carbocycles. The van der Waals surface area contributed by atoms with Gasteiger partial charge in [-0.05, 0) is 55.8 Å². The number of carbonyl (C=O) groups is 6. The van der Waals surface area contributed by atoms with Gasteiger partial charge in [-0.2, -0.15) is 0 Å². The fourth-order valence-electron chi connectivity index (χ4n) is 5.70. The number of rotatable bonds is 12. The van der Waals surface area contributed by atoms with Crippen molar-refractivity contribution >= 4 is 35.5 Å². The lowest BCUT2D eigenvalue weighted by atomic mass is 9.85. The average molecular weight is 618 g/mol. The van der Waals surface area contributed by atoms with Crippen molar-refractivity contribution in [3.05, 3.63) is 12.2 Å². The molecule has 5 atom stereocenters. The van der Waals surface area contributed by atoms with Crippen molar-refractivity contribution < 1.29 is 33.5 Å². The Balaban J connectivity index is 1.81. The van der Waals surface area contributed by atoms with E-state index in [1.165, 1.54) is 4.90 Å². The minimum atomic E-state index is -1.13. The maximum Gasteiger partial charge on any atom is 0.329 e. The fraction of sp³-hybridized carbons (Fsp3) is 0.750. The van der Waals surface area contributed by atoms with Gasteiger partial charge < -0.3 is 31.3 Å². The largest absolute Gasteiger partial charge is 0.461 e. The number of esters is 1. The van der Waals surface area contributed by atoms with Gasteiger partial charge in [-0.25, -0.2) is 9.59 Å². The molecular formula is C32H51N5O7. The Morgan fingerprint density at radius 3 is 1.91 bits per heavy atom. The first-order valence-electron chi connectivity index (χ1n) is 15.7. The maximum atomic E-state index is 14.2. The molecule has 12 heteroatoms. The lowest BCUT2D eigenvalue weighted by Gasteiger charge is -2.37. The molecule has 3 fully saturated rings. The Bertz CT molecular complexity index is 1160. The van der Waals surface area contributed by atoms with Crippen LogP contribution in [0.2, 0.25) is 0 Å². The molecule has 0 aromatic heterocycles. The first kappa shape index (κ1) is 35.0. The standard InChI is InChI=1S/C32H51N5O7/c1-17(2)20-14-15-37(22(20)27(40)34-21(16-18-12-13-18)23(38)26(33)39)28(41)24(31(3,4)5)35-30(43)36-25(32(6,7)8)29(42)44-19-10-9-11-19/h18-22,24-25H,1,9-16H2,2-8H3,(H2,33,39)(H,34,40)(H2,35,36,43)/t20-,21?,22+,24-,25-/m1/s1. The molecule has 1 aliphatic heterocycles. The highest BCUT2D eigenvalue weighted by Gasteiger charge is 2.48. The molecule has 1 heterocycles. The van der Waals surface area contributed by atoms with Crippen LogP contribution in [0.25, 0.3) is 0 Å². The maximum absolute atomic E-state index is 14.2. The summed E-state index contributed by atoms with van der Waals surface area (Å²) in [6.45, 7) is 16.8. The van der Waals surface area contributed by atoms with Crippen LogP contribution in [0.3, 0.4) is 0 Å². The molecule has 246 valence electrons. The molecule has 2 saturated carbocycles. The number of Topliss-reactive ketones (excluding diaryl/α,β-unsaturated/α-hetero) is 1. The number of nitrogens with zero attached hydrogens (tertiary/aromatic N) is 1. The van der Waals surface area contributed by atoms with E-state index in [9.17, 15) is 28.8 Å². The van der Waals surface area contributed by atoms with Crippen LogP contribution < -0.4 is 21.7 Å². The summed E-state index contributed by atoms with van der Waals surface area (Å²) in [5, 5.41) is 8.19. The predicted molar refractivity (Wildman–Crippen MR) is 164 cm³/mol. The monoisotopic (exact) mass is 617 g/mol. The van der Waals surface area contributed by atoms with E-state index in [0.29, 0.717) is 18.4 Å². The van der Waals surface area contributed by atoms with Crippen molar-refractivity contribution in [1.82, 2.24) is 20.9 Å². The lowest BCUT2D eigenvalue weighted by Crippen LogP contribution is -2.62. The van der Waals surface area contributed by atoms with Gasteiger partial charge in [0, 0.05) is 12.5 Å². The van der Waals surface area contributed by atoms with Gasteiger partial charge in [-0.3, -0.25) is 19.2 Å². The Morgan fingerprint density at radius 2 is 1.45 bits per heavy atom. The Kier molecular flexibility index (Phi) is 10.9. The van der Waals surface area contributed by atoms with E-state index in [0.717, 1.165) is 32.1 Å². The minimum absolute atomic E-state index is 0.150. The quantitative estimate of drug-likeness (QED) is 0.148. The third-order valence-corrected chi connectivity index (χ3v) is 8.82. The number of likely N-dealkylation sites (tertiary alicyclic amines) is 1. The van der Waals surface area contributed by atoms with Crippen LogP contribution >= 0.6 is 0 Å². The summed E-state index contributed by atoms with van der Waals surface area (Å²) in [4.78, 5) is 80.0. The molecule has 0 spiro atoms. The van der Waals surface area contributed by atoms with Crippen LogP contribution in [0.15, 0.2) is 12.2 Å². The summed E-state index contributed by atoms with van der Waals surface area (Å²) < 4.78 is 5.58. The number of ether oxygens (including phenoxy) is 1. The SMILES string of the molecule is C=C(C)[C@H]1CCN(C(=O)[C@@H](NC(=O)N[C@H](C(=O)OC2CCC2)C(C)(C)C)C(C)(C)C)[C@@H]1C(=O)NC(CC1CC1)C(=O)C(N)=O. The van der Waals surface area contributed by atoms with Crippen molar-refractivity contribution in [1.29, 1.82) is 0 Å².